The summed E-state index contributed by atoms with van der Waals surface area (Å²) in [5.74, 6) is 0. The van der Waals surface area contributed by atoms with E-state index in [0.717, 1.165) is 24.2 Å². The van der Waals surface area contributed by atoms with E-state index in [2.05, 4.69) is 60.1 Å². The van der Waals surface area contributed by atoms with E-state index in [-0.39, 0.29) is 6.04 Å². The third kappa shape index (κ3) is 2.66. The molecule has 3 rings (SSSR count). The summed E-state index contributed by atoms with van der Waals surface area (Å²) >= 11 is 0. The van der Waals surface area contributed by atoms with Gasteiger partial charge in [-0.05, 0) is 49.9 Å². The van der Waals surface area contributed by atoms with Gasteiger partial charge in [0.15, 0.2) is 0 Å². The Kier molecular flexibility index (Phi) is 3.93. The van der Waals surface area contributed by atoms with Gasteiger partial charge in [-0.15, -0.1) is 0 Å². The molecule has 1 aliphatic heterocycles. The average molecular weight is 281 g/mol. The van der Waals surface area contributed by atoms with E-state index >= 15 is 0 Å². The molecule has 0 saturated heterocycles. The molecule has 2 N–H and O–H groups in total. The lowest BCUT2D eigenvalue weighted by Crippen LogP contribution is -2.33. The second-order valence-electron chi connectivity index (χ2n) is 5.84. The maximum Gasteiger partial charge on any atom is 0.0600 e. The molecule has 2 atom stereocenters. The van der Waals surface area contributed by atoms with Crippen molar-refractivity contribution >= 4 is 11.4 Å². The van der Waals surface area contributed by atoms with Crippen LogP contribution in [0.3, 0.4) is 0 Å². The molecule has 3 nitrogen and oxygen atoms in total. The average Bonchev–Trinajstić information content (AvgIpc) is 2.54. The molecule has 110 valence electrons. The van der Waals surface area contributed by atoms with Gasteiger partial charge in [0, 0.05) is 17.8 Å². The topological polar surface area (TPSA) is 42.1 Å². The molecule has 0 saturated carbocycles. The predicted molar refractivity (Wildman–Crippen MR) is 87.8 cm³/mol. The summed E-state index contributed by atoms with van der Waals surface area (Å²) in [4.78, 5) is 6.96. The first-order valence-electron chi connectivity index (χ1n) is 7.79. The van der Waals surface area contributed by atoms with Crippen LogP contribution in [0.1, 0.15) is 44.0 Å². The third-order valence-corrected chi connectivity index (χ3v) is 4.39. The molecular weight excluding hydrogens is 258 g/mol. The van der Waals surface area contributed by atoms with Gasteiger partial charge >= 0.3 is 0 Å². The number of fused-ring (bicyclic) bond motifs is 1. The first-order valence-corrected chi connectivity index (χ1v) is 7.79. The minimum Gasteiger partial charge on any atom is -0.337 e. The van der Waals surface area contributed by atoms with Crippen molar-refractivity contribution in [3.63, 3.8) is 0 Å². The second kappa shape index (κ2) is 5.86. The van der Waals surface area contributed by atoms with Crippen LogP contribution in [0.4, 0.5) is 11.4 Å². The molecule has 1 unspecified atom stereocenters. The normalized spacial score (nSPS) is 19.2. The van der Waals surface area contributed by atoms with Gasteiger partial charge in [-0.1, -0.05) is 25.1 Å². The molecule has 1 aromatic heterocycles. The van der Waals surface area contributed by atoms with Gasteiger partial charge in [0.1, 0.15) is 0 Å². The van der Waals surface area contributed by atoms with Crippen LogP contribution in [0.5, 0.6) is 0 Å². The van der Waals surface area contributed by atoms with Crippen LogP contribution in [-0.2, 0) is 6.42 Å². The summed E-state index contributed by atoms with van der Waals surface area (Å²) < 4.78 is 0. The summed E-state index contributed by atoms with van der Waals surface area (Å²) in [7, 11) is 0. The molecule has 0 spiro atoms. The number of rotatable bonds is 3. The highest BCUT2D eigenvalue weighted by atomic mass is 15.2. The number of aryl methyl sites for hydroxylation is 1. The maximum absolute atomic E-state index is 6.05. The minimum absolute atomic E-state index is 0.0325. The standard InChI is InChI=1S/C18H23N3/c1-3-16(19)17-11-10-15(12-20-17)21-13(2)8-9-14-6-4-5-7-18(14)21/h4-7,10-13,16H,3,8-9,19H2,1-2H3/t13?,16-/m1/s1. The highest BCUT2D eigenvalue weighted by Gasteiger charge is 2.24. The number of aromatic nitrogens is 1. The SMILES string of the molecule is CC[C@@H](N)c1ccc(N2c3ccccc3CCC2C)cn1. The number of benzene rings is 1. The van der Waals surface area contributed by atoms with E-state index in [1.807, 2.05) is 6.20 Å². The Bertz CT molecular complexity index is 606. The molecule has 0 bridgehead atoms. The number of pyridine rings is 1. The quantitative estimate of drug-likeness (QED) is 0.925. The van der Waals surface area contributed by atoms with Crippen molar-refractivity contribution in [3.05, 3.63) is 53.9 Å². The molecular formula is C18H23N3. The molecule has 3 heteroatoms. The van der Waals surface area contributed by atoms with E-state index in [9.17, 15) is 0 Å². The van der Waals surface area contributed by atoms with Crippen molar-refractivity contribution < 1.29 is 0 Å². The van der Waals surface area contributed by atoms with Gasteiger partial charge in [0.25, 0.3) is 0 Å². The Morgan fingerprint density at radius 2 is 2.10 bits per heavy atom. The van der Waals surface area contributed by atoms with Gasteiger partial charge in [-0.25, -0.2) is 0 Å². The van der Waals surface area contributed by atoms with Crippen molar-refractivity contribution in [2.45, 2.75) is 45.2 Å². The largest absolute Gasteiger partial charge is 0.337 e. The lowest BCUT2D eigenvalue weighted by atomic mass is 9.96. The molecule has 0 amide bonds. The van der Waals surface area contributed by atoms with Crippen LogP contribution in [0.15, 0.2) is 42.6 Å². The smallest absolute Gasteiger partial charge is 0.0600 e. The maximum atomic E-state index is 6.05. The zero-order chi connectivity index (χ0) is 14.8. The van der Waals surface area contributed by atoms with Crippen LogP contribution >= 0.6 is 0 Å². The molecule has 21 heavy (non-hydrogen) atoms. The van der Waals surface area contributed by atoms with Crippen molar-refractivity contribution in [2.24, 2.45) is 5.73 Å². The van der Waals surface area contributed by atoms with Crippen molar-refractivity contribution in [1.29, 1.82) is 0 Å². The number of para-hydroxylation sites is 1. The first-order chi connectivity index (χ1) is 10.2. The predicted octanol–water partition coefficient (Wildman–Crippen LogP) is 3.96. The third-order valence-electron chi connectivity index (χ3n) is 4.39. The van der Waals surface area contributed by atoms with Crippen molar-refractivity contribution in [2.75, 3.05) is 4.90 Å². The molecule has 2 aromatic rings. The number of nitrogens with two attached hydrogens (primary N) is 1. The lowest BCUT2D eigenvalue weighted by Gasteiger charge is -2.37. The van der Waals surface area contributed by atoms with Gasteiger partial charge in [0.2, 0.25) is 0 Å². The van der Waals surface area contributed by atoms with E-state index in [4.69, 9.17) is 5.73 Å². The van der Waals surface area contributed by atoms with E-state index in [1.165, 1.54) is 17.7 Å². The Morgan fingerprint density at radius 1 is 1.29 bits per heavy atom. The highest BCUT2D eigenvalue weighted by Crippen LogP contribution is 2.36. The van der Waals surface area contributed by atoms with Crippen LogP contribution < -0.4 is 10.6 Å². The first kappa shape index (κ1) is 14.1. The van der Waals surface area contributed by atoms with Crippen LogP contribution in [0, 0.1) is 0 Å². The van der Waals surface area contributed by atoms with Crippen LogP contribution in [0.25, 0.3) is 0 Å². The van der Waals surface area contributed by atoms with Crippen molar-refractivity contribution in [1.82, 2.24) is 4.98 Å². The fraction of sp³-hybridized carbons (Fsp3) is 0.389. The molecule has 2 heterocycles. The summed E-state index contributed by atoms with van der Waals surface area (Å²) in [6.07, 6.45) is 5.20. The number of anilines is 2. The minimum atomic E-state index is 0.0325. The monoisotopic (exact) mass is 281 g/mol. The van der Waals surface area contributed by atoms with Crippen molar-refractivity contribution in [3.8, 4) is 0 Å². The van der Waals surface area contributed by atoms with E-state index in [1.54, 1.807) is 0 Å². The molecule has 1 aliphatic rings. The Labute approximate surface area is 126 Å². The molecule has 0 radical (unpaired) electrons. The molecule has 0 aliphatic carbocycles. The fourth-order valence-electron chi connectivity index (χ4n) is 3.05. The number of hydrogen-bond donors (Lipinski definition) is 1. The van der Waals surface area contributed by atoms with Crippen LogP contribution in [0.2, 0.25) is 0 Å². The molecule has 0 fully saturated rings. The Hall–Kier alpha value is -1.87. The summed E-state index contributed by atoms with van der Waals surface area (Å²) in [6, 6.07) is 13.4. The summed E-state index contributed by atoms with van der Waals surface area (Å²) in [5.41, 5.74) is 10.9. The number of hydrogen-bond acceptors (Lipinski definition) is 3. The van der Waals surface area contributed by atoms with Gasteiger partial charge in [0.05, 0.1) is 17.6 Å². The molecule has 1 aromatic carbocycles. The lowest BCUT2D eigenvalue weighted by molar-refractivity contribution is 0.616. The van der Waals surface area contributed by atoms with E-state index in [0.29, 0.717) is 6.04 Å². The summed E-state index contributed by atoms with van der Waals surface area (Å²) in [6.45, 7) is 4.37. The second-order valence-corrected chi connectivity index (χ2v) is 5.84. The van der Waals surface area contributed by atoms with Gasteiger partial charge < -0.3 is 10.6 Å². The van der Waals surface area contributed by atoms with Gasteiger partial charge in [-0.2, -0.15) is 0 Å². The van der Waals surface area contributed by atoms with E-state index < -0.39 is 0 Å². The van der Waals surface area contributed by atoms with Gasteiger partial charge in [-0.3, -0.25) is 4.98 Å². The Morgan fingerprint density at radius 3 is 2.81 bits per heavy atom. The zero-order valence-electron chi connectivity index (χ0n) is 12.8. The highest BCUT2D eigenvalue weighted by molar-refractivity contribution is 5.68. The zero-order valence-corrected chi connectivity index (χ0v) is 12.8. The van der Waals surface area contributed by atoms with Crippen LogP contribution in [-0.4, -0.2) is 11.0 Å². The number of nitrogens with zero attached hydrogens (tertiary/aromatic N) is 2. The Balaban J connectivity index is 1.96. The fourth-order valence-corrected chi connectivity index (χ4v) is 3.05. The summed E-state index contributed by atoms with van der Waals surface area (Å²) in [5, 5.41) is 0.